The smallest absolute Gasteiger partial charge is 0.245 e. The van der Waals surface area contributed by atoms with E-state index in [0.29, 0.717) is 0 Å². The number of amides is 1. The molecule has 0 bridgehead atoms. The highest BCUT2D eigenvalue weighted by Gasteiger charge is 2.29. The van der Waals surface area contributed by atoms with Gasteiger partial charge in [0.05, 0.1) is 5.69 Å². The third-order valence-electron chi connectivity index (χ3n) is 4.63. The van der Waals surface area contributed by atoms with Gasteiger partial charge in [-0.05, 0) is 26.2 Å². The molecular formula is C16H26N4O. The van der Waals surface area contributed by atoms with E-state index in [-0.39, 0.29) is 11.9 Å². The molecule has 0 saturated carbocycles. The van der Waals surface area contributed by atoms with E-state index in [2.05, 4.69) is 16.8 Å². The van der Waals surface area contributed by atoms with Crippen LogP contribution in [0.25, 0.3) is 0 Å². The third kappa shape index (κ3) is 2.71. The number of carbonyl (C=O) groups excluding carboxylic acids is 1. The summed E-state index contributed by atoms with van der Waals surface area (Å²) in [5.41, 5.74) is 2.42. The predicted octanol–water partition coefficient (Wildman–Crippen LogP) is 1.66. The fraction of sp³-hybridized carbons (Fsp3) is 0.750. The van der Waals surface area contributed by atoms with Crippen LogP contribution in [-0.2, 0) is 24.2 Å². The zero-order valence-corrected chi connectivity index (χ0v) is 13.2. The molecule has 0 radical (unpaired) electrons. The molecule has 2 aliphatic rings. The van der Waals surface area contributed by atoms with Crippen LogP contribution < -0.4 is 5.32 Å². The minimum atomic E-state index is -0.112. The minimum absolute atomic E-state index is 0.112. The summed E-state index contributed by atoms with van der Waals surface area (Å²) in [7, 11) is 0. The Hall–Kier alpha value is -1.36. The highest BCUT2D eigenvalue weighted by Crippen LogP contribution is 2.24. The zero-order chi connectivity index (χ0) is 14.8. The average molecular weight is 290 g/mol. The van der Waals surface area contributed by atoms with Gasteiger partial charge >= 0.3 is 0 Å². The molecule has 0 aliphatic carbocycles. The maximum absolute atomic E-state index is 12.7. The van der Waals surface area contributed by atoms with Crippen LogP contribution in [0.15, 0.2) is 0 Å². The van der Waals surface area contributed by atoms with Crippen molar-refractivity contribution in [1.82, 2.24) is 19.8 Å². The summed E-state index contributed by atoms with van der Waals surface area (Å²) < 4.78 is 2.24. The standard InChI is InChI=1S/C16H26N4O/c1-3-6-15-18-13-11-17-8-7-14(13)20(15)12(2)16(21)19-9-4-5-10-19/h12,17H,3-11H2,1-2H3. The largest absolute Gasteiger partial charge is 0.341 e. The van der Waals surface area contributed by atoms with Crippen molar-refractivity contribution in [3.63, 3.8) is 0 Å². The van der Waals surface area contributed by atoms with Crippen molar-refractivity contribution in [2.45, 2.75) is 58.5 Å². The van der Waals surface area contributed by atoms with Gasteiger partial charge in [-0.1, -0.05) is 6.92 Å². The second-order valence-electron chi connectivity index (χ2n) is 6.18. The molecule has 1 fully saturated rings. The van der Waals surface area contributed by atoms with E-state index < -0.39 is 0 Å². The number of aryl methyl sites for hydroxylation is 1. The van der Waals surface area contributed by atoms with Gasteiger partial charge in [0.2, 0.25) is 5.91 Å². The summed E-state index contributed by atoms with van der Waals surface area (Å²) in [4.78, 5) is 19.6. The van der Waals surface area contributed by atoms with Crippen LogP contribution in [0.3, 0.4) is 0 Å². The fourth-order valence-corrected chi connectivity index (χ4v) is 3.56. The number of carbonyl (C=O) groups is 1. The van der Waals surface area contributed by atoms with Gasteiger partial charge in [-0.25, -0.2) is 4.98 Å². The molecule has 1 saturated heterocycles. The molecule has 1 N–H and O–H groups in total. The van der Waals surface area contributed by atoms with Crippen molar-refractivity contribution >= 4 is 5.91 Å². The normalized spacial score (nSPS) is 19.6. The van der Waals surface area contributed by atoms with E-state index in [9.17, 15) is 4.79 Å². The van der Waals surface area contributed by atoms with Crippen LogP contribution in [-0.4, -0.2) is 40.0 Å². The number of nitrogens with zero attached hydrogens (tertiary/aromatic N) is 3. The fourth-order valence-electron chi connectivity index (χ4n) is 3.56. The first-order chi connectivity index (χ1) is 10.2. The van der Waals surface area contributed by atoms with Crippen molar-refractivity contribution in [1.29, 1.82) is 0 Å². The topological polar surface area (TPSA) is 50.2 Å². The van der Waals surface area contributed by atoms with E-state index >= 15 is 0 Å². The SMILES string of the molecule is CCCc1nc2c(n1C(C)C(=O)N1CCCC1)CCNC2. The Morgan fingerprint density at radius 3 is 2.86 bits per heavy atom. The highest BCUT2D eigenvalue weighted by molar-refractivity contribution is 5.80. The second kappa shape index (κ2) is 6.18. The molecule has 3 heterocycles. The van der Waals surface area contributed by atoms with Gasteiger partial charge in [0, 0.05) is 44.7 Å². The first-order valence-corrected chi connectivity index (χ1v) is 8.30. The number of hydrogen-bond donors (Lipinski definition) is 1. The van der Waals surface area contributed by atoms with E-state index in [1.807, 2.05) is 11.8 Å². The monoisotopic (exact) mass is 290 g/mol. The lowest BCUT2D eigenvalue weighted by molar-refractivity contribution is -0.133. The number of nitrogens with one attached hydrogen (secondary N) is 1. The zero-order valence-electron chi connectivity index (χ0n) is 13.2. The third-order valence-corrected chi connectivity index (χ3v) is 4.63. The number of rotatable bonds is 4. The molecule has 0 aromatic carbocycles. The first kappa shape index (κ1) is 14.6. The lowest BCUT2D eigenvalue weighted by Crippen LogP contribution is -2.36. The molecule has 116 valence electrons. The van der Waals surface area contributed by atoms with Gasteiger partial charge in [0.1, 0.15) is 11.9 Å². The molecule has 2 aliphatic heterocycles. The molecule has 1 atom stereocenters. The van der Waals surface area contributed by atoms with E-state index in [1.54, 1.807) is 0 Å². The minimum Gasteiger partial charge on any atom is -0.341 e. The molecule has 1 unspecified atom stereocenters. The predicted molar refractivity (Wildman–Crippen MR) is 82.2 cm³/mol. The van der Waals surface area contributed by atoms with Crippen molar-refractivity contribution in [3.8, 4) is 0 Å². The quantitative estimate of drug-likeness (QED) is 0.917. The molecule has 0 spiro atoms. The lowest BCUT2D eigenvalue weighted by atomic mass is 10.1. The summed E-state index contributed by atoms with van der Waals surface area (Å²) in [6.45, 7) is 7.88. The number of hydrogen-bond acceptors (Lipinski definition) is 3. The van der Waals surface area contributed by atoms with Crippen LogP contribution in [0.5, 0.6) is 0 Å². The summed E-state index contributed by atoms with van der Waals surface area (Å²) in [6.07, 6.45) is 5.28. The lowest BCUT2D eigenvalue weighted by Gasteiger charge is -2.25. The molecule has 1 aromatic rings. The van der Waals surface area contributed by atoms with Gasteiger partial charge in [0.25, 0.3) is 0 Å². The van der Waals surface area contributed by atoms with Gasteiger partial charge in [-0.2, -0.15) is 0 Å². The van der Waals surface area contributed by atoms with Crippen molar-refractivity contribution in [3.05, 3.63) is 17.2 Å². The van der Waals surface area contributed by atoms with Gasteiger partial charge in [-0.15, -0.1) is 0 Å². The number of imidazole rings is 1. The summed E-state index contributed by atoms with van der Waals surface area (Å²) in [6, 6.07) is -0.112. The van der Waals surface area contributed by atoms with E-state index in [4.69, 9.17) is 4.98 Å². The molecule has 5 heteroatoms. The van der Waals surface area contributed by atoms with Crippen LogP contribution in [0.1, 0.15) is 56.4 Å². The van der Waals surface area contributed by atoms with Crippen molar-refractivity contribution < 1.29 is 4.79 Å². The van der Waals surface area contributed by atoms with Gasteiger partial charge < -0.3 is 14.8 Å². The summed E-state index contributed by atoms with van der Waals surface area (Å²) in [5.74, 6) is 1.36. The maximum atomic E-state index is 12.7. The molecule has 5 nitrogen and oxygen atoms in total. The first-order valence-electron chi connectivity index (χ1n) is 8.30. The Balaban J connectivity index is 1.91. The Labute approximate surface area is 126 Å². The summed E-state index contributed by atoms with van der Waals surface area (Å²) in [5, 5.41) is 3.38. The number of likely N-dealkylation sites (tertiary alicyclic amines) is 1. The maximum Gasteiger partial charge on any atom is 0.245 e. The molecule has 3 rings (SSSR count). The summed E-state index contributed by atoms with van der Waals surface area (Å²) >= 11 is 0. The number of fused-ring (bicyclic) bond motifs is 1. The highest BCUT2D eigenvalue weighted by atomic mass is 16.2. The Kier molecular flexibility index (Phi) is 4.29. The van der Waals surface area contributed by atoms with Crippen molar-refractivity contribution in [2.24, 2.45) is 0 Å². The van der Waals surface area contributed by atoms with E-state index in [1.165, 1.54) is 5.69 Å². The van der Waals surface area contributed by atoms with Gasteiger partial charge in [0.15, 0.2) is 0 Å². The van der Waals surface area contributed by atoms with Crippen LogP contribution in [0.4, 0.5) is 0 Å². The molecule has 1 amide bonds. The molecule has 21 heavy (non-hydrogen) atoms. The molecular weight excluding hydrogens is 264 g/mol. The second-order valence-corrected chi connectivity index (χ2v) is 6.18. The van der Waals surface area contributed by atoms with Gasteiger partial charge in [-0.3, -0.25) is 4.79 Å². The average Bonchev–Trinajstić information content (AvgIpc) is 3.13. The van der Waals surface area contributed by atoms with Crippen LogP contribution in [0.2, 0.25) is 0 Å². The molecule has 1 aromatic heterocycles. The Bertz CT molecular complexity index is 517. The Morgan fingerprint density at radius 1 is 1.38 bits per heavy atom. The van der Waals surface area contributed by atoms with E-state index in [0.717, 1.165) is 69.8 Å². The van der Waals surface area contributed by atoms with Crippen LogP contribution >= 0.6 is 0 Å². The number of aromatic nitrogens is 2. The Morgan fingerprint density at radius 2 is 2.14 bits per heavy atom. The van der Waals surface area contributed by atoms with Crippen molar-refractivity contribution in [2.75, 3.05) is 19.6 Å². The van der Waals surface area contributed by atoms with Crippen LogP contribution in [0, 0.1) is 0 Å².